The summed E-state index contributed by atoms with van der Waals surface area (Å²) < 4.78 is 42.3. The molecule has 2 aliphatic heterocycles. The van der Waals surface area contributed by atoms with Gasteiger partial charge in [-0.15, -0.1) is 0 Å². The predicted octanol–water partition coefficient (Wildman–Crippen LogP) is 5.42. The summed E-state index contributed by atoms with van der Waals surface area (Å²) in [5, 5.41) is 4.14. The average Bonchev–Trinajstić information content (AvgIpc) is 3.45. The van der Waals surface area contributed by atoms with E-state index in [1.54, 1.807) is 26.1 Å². The first-order valence-corrected chi connectivity index (χ1v) is 13.4. The lowest BCUT2D eigenvalue weighted by molar-refractivity contribution is -0.137. The molecule has 0 aliphatic carbocycles. The van der Waals surface area contributed by atoms with E-state index in [-0.39, 0.29) is 5.69 Å². The number of nitrogens with one attached hydrogen (secondary N) is 1. The van der Waals surface area contributed by atoms with Gasteiger partial charge in [-0.05, 0) is 70.4 Å². The van der Waals surface area contributed by atoms with Gasteiger partial charge in [0.25, 0.3) is 0 Å². The summed E-state index contributed by atoms with van der Waals surface area (Å²) >= 11 is 0. The number of aryl methyl sites for hydroxylation is 1. The van der Waals surface area contributed by atoms with Gasteiger partial charge in [0.2, 0.25) is 0 Å². The van der Waals surface area contributed by atoms with Crippen molar-refractivity contribution >= 4 is 33.9 Å². The number of imidazole rings is 1. The molecule has 0 radical (unpaired) electrons. The van der Waals surface area contributed by atoms with E-state index in [1.807, 2.05) is 10.6 Å². The van der Waals surface area contributed by atoms with Crippen molar-refractivity contribution in [3.05, 3.63) is 53.6 Å². The number of benzene rings is 1. The lowest BCUT2D eigenvalue weighted by atomic mass is 10.0. The van der Waals surface area contributed by atoms with Crippen LogP contribution in [0.1, 0.15) is 56.6 Å². The minimum atomic E-state index is -4.48. The Bertz CT molecular complexity index is 1530. The number of rotatable bonds is 5. The maximum absolute atomic E-state index is 13.5. The van der Waals surface area contributed by atoms with Gasteiger partial charge in [0, 0.05) is 49.3 Å². The van der Waals surface area contributed by atoms with Crippen LogP contribution in [0.3, 0.4) is 0 Å². The molecular weight excluding hydrogens is 505 g/mol. The molecule has 2 aliphatic rings. The zero-order chi connectivity index (χ0) is 27.6. The SMILES string of the molecule is Cc1nc(N[C@H](C)c2cc(N)cc(C(F)(F)F)c2)c2cc(N3CC4CCC(C3)N4C(C)C)c3nccn3c2n1. The molecule has 0 spiro atoms. The monoisotopic (exact) mass is 538 g/mol. The van der Waals surface area contributed by atoms with Crippen molar-refractivity contribution in [3.63, 3.8) is 0 Å². The minimum absolute atomic E-state index is 0.0646. The topological polar surface area (TPSA) is 87.6 Å². The van der Waals surface area contributed by atoms with E-state index in [0.717, 1.165) is 41.9 Å². The second kappa shape index (κ2) is 9.25. The lowest BCUT2D eigenvalue weighted by Gasteiger charge is -2.44. The molecule has 39 heavy (non-hydrogen) atoms. The van der Waals surface area contributed by atoms with Crippen molar-refractivity contribution in [1.82, 2.24) is 24.3 Å². The standard InChI is InChI=1S/C28H33F3N8/c1-15(2)39-21-5-6-22(39)14-37(13-21)24-12-23-25(35-17(4)36-26(23)38-8-7-33-27(24)38)34-16(3)18-9-19(28(29,30)31)11-20(32)10-18/h7-12,15-16,21-22H,5-6,13-14,32H2,1-4H3,(H,34,35,36)/t16-,21?,22?/m1/s1. The first kappa shape index (κ1) is 25.7. The maximum atomic E-state index is 13.5. The van der Waals surface area contributed by atoms with E-state index < -0.39 is 17.8 Å². The largest absolute Gasteiger partial charge is 0.416 e. The number of hydrogen-bond donors (Lipinski definition) is 2. The smallest absolute Gasteiger partial charge is 0.399 e. The number of fused-ring (bicyclic) bond motifs is 5. The average molecular weight is 539 g/mol. The number of aromatic nitrogens is 4. The van der Waals surface area contributed by atoms with Crippen LogP contribution in [-0.4, -0.2) is 55.5 Å². The first-order valence-electron chi connectivity index (χ1n) is 13.4. The van der Waals surface area contributed by atoms with Gasteiger partial charge < -0.3 is 16.0 Å². The van der Waals surface area contributed by atoms with Gasteiger partial charge in [0.15, 0.2) is 11.3 Å². The molecular formula is C28H33F3N8. The first-order chi connectivity index (χ1) is 18.5. The normalized spacial score (nSPS) is 20.9. The summed E-state index contributed by atoms with van der Waals surface area (Å²) in [5.41, 5.74) is 8.10. The van der Waals surface area contributed by atoms with Crippen LogP contribution in [0.4, 0.5) is 30.4 Å². The number of nitrogens with two attached hydrogens (primary N) is 1. The fourth-order valence-electron chi connectivity index (χ4n) is 6.44. The van der Waals surface area contributed by atoms with Gasteiger partial charge in [-0.25, -0.2) is 15.0 Å². The Morgan fingerprint density at radius 2 is 1.72 bits per heavy atom. The molecule has 206 valence electrons. The zero-order valence-electron chi connectivity index (χ0n) is 22.5. The van der Waals surface area contributed by atoms with Gasteiger partial charge >= 0.3 is 6.18 Å². The molecule has 0 amide bonds. The van der Waals surface area contributed by atoms with Crippen LogP contribution in [0.25, 0.3) is 16.7 Å². The number of nitrogens with zero attached hydrogens (tertiary/aromatic N) is 6. The molecule has 8 nitrogen and oxygen atoms in total. The molecule has 0 saturated carbocycles. The number of pyridine rings is 1. The summed E-state index contributed by atoms with van der Waals surface area (Å²) in [5.74, 6) is 1.11. The van der Waals surface area contributed by atoms with E-state index in [2.05, 4.69) is 45.0 Å². The van der Waals surface area contributed by atoms with Gasteiger partial charge in [-0.2, -0.15) is 13.2 Å². The highest BCUT2D eigenvalue weighted by Gasteiger charge is 2.41. The Labute approximate surface area is 225 Å². The molecule has 2 unspecified atom stereocenters. The molecule has 4 aromatic rings. The van der Waals surface area contributed by atoms with Crippen LogP contribution in [0.5, 0.6) is 0 Å². The predicted molar refractivity (Wildman–Crippen MR) is 147 cm³/mol. The Kier molecular flexibility index (Phi) is 6.09. The van der Waals surface area contributed by atoms with E-state index in [9.17, 15) is 13.2 Å². The Morgan fingerprint density at radius 3 is 2.38 bits per heavy atom. The lowest BCUT2D eigenvalue weighted by Crippen LogP contribution is -2.56. The van der Waals surface area contributed by atoms with E-state index in [1.165, 1.54) is 12.8 Å². The van der Waals surface area contributed by atoms with Crippen LogP contribution in [0.15, 0.2) is 36.7 Å². The molecule has 5 heterocycles. The van der Waals surface area contributed by atoms with E-state index in [0.29, 0.717) is 41.0 Å². The number of hydrogen-bond acceptors (Lipinski definition) is 7. The number of nitrogen functional groups attached to an aromatic ring is 1. The molecule has 3 aromatic heterocycles. The van der Waals surface area contributed by atoms with Crippen molar-refractivity contribution in [1.29, 1.82) is 0 Å². The fraction of sp³-hybridized carbons (Fsp3) is 0.464. The van der Waals surface area contributed by atoms with Crippen molar-refractivity contribution in [2.45, 2.75) is 70.9 Å². The molecule has 3 N–H and O–H groups in total. The van der Waals surface area contributed by atoms with Crippen LogP contribution < -0.4 is 16.0 Å². The molecule has 2 bridgehead atoms. The van der Waals surface area contributed by atoms with Gasteiger partial charge in [-0.3, -0.25) is 9.30 Å². The van der Waals surface area contributed by atoms with Crippen LogP contribution in [-0.2, 0) is 6.18 Å². The summed E-state index contributed by atoms with van der Waals surface area (Å²) in [7, 11) is 0. The number of alkyl halides is 3. The van der Waals surface area contributed by atoms with Crippen molar-refractivity contribution in [2.75, 3.05) is 29.0 Å². The third-order valence-corrected chi connectivity index (χ3v) is 8.05. The third kappa shape index (κ3) is 4.52. The van der Waals surface area contributed by atoms with Crippen LogP contribution >= 0.6 is 0 Å². The molecule has 3 atom stereocenters. The van der Waals surface area contributed by atoms with Gasteiger partial charge in [0.05, 0.1) is 22.7 Å². The Balaban J connectivity index is 1.42. The van der Waals surface area contributed by atoms with E-state index >= 15 is 0 Å². The van der Waals surface area contributed by atoms with Crippen molar-refractivity contribution in [3.8, 4) is 0 Å². The number of anilines is 3. The second-order valence-corrected chi connectivity index (χ2v) is 11.1. The highest BCUT2D eigenvalue weighted by Crippen LogP contribution is 2.38. The fourth-order valence-corrected chi connectivity index (χ4v) is 6.44. The van der Waals surface area contributed by atoms with Crippen LogP contribution in [0, 0.1) is 6.92 Å². The molecule has 2 saturated heterocycles. The maximum Gasteiger partial charge on any atom is 0.416 e. The summed E-state index contributed by atoms with van der Waals surface area (Å²) in [6, 6.07) is 6.73. The highest BCUT2D eigenvalue weighted by atomic mass is 19.4. The number of halogens is 3. The van der Waals surface area contributed by atoms with Crippen LogP contribution in [0.2, 0.25) is 0 Å². The third-order valence-electron chi connectivity index (χ3n) is 8.05. The molecule has 11 heteroatoms. The molecule has 6 rings (SSSR count). The molecule has 1 aromatic carbocycles. The van der Waals surface area contributed by atoms with Crippen molar-refractivity contribution in [2.24, 2.45) is 0 Å². The summed E-state index contributed by atoms with van der Waals surface area (Å²) in [6.45, 7) is 9.96. The molecule has 2 fully saturated rings. The summed E-state index contributed by atoms with van der Waals surface area (Å²) in [4.78, 5) is 19.1. The van der Waals surface area contributed by atoms with E-state index in [4.69, 9.17) is 10.7 Å². The summed E-state index contributed by atoms with van der Waals surface area (Å²) in [6.07, 6.45) is 1.56. The highest BCUT2D eigenvalue weighted by molar-refractivity contribution is 5.94. The Morgan fingerprint density at radius 1 is 1.00 bits per heavy atom. The Hall–Kier alpha value is -3.60. The minimum Gasteiger partial charge on any atom is -0.399 e. The van der Waals surface area contributed by atoms with Crippen molar-refractivity contribution < 1.29 is 13.2 Å². The zero-order valence-corrected chi connectivity index (χ0v) is 22.5. The number of piperazine rings is 1. The quantitative estimate of drug-likeness (QED) is 0.328. The van der Waals surface area contributed by atoms with Gasteiger partial charge in [-0.1, -0.05) is 0 Å². The second-order valence-electron chi connectivity index (χ2n) is 11.1. The van der Waals surface area contributed by atoms with Gasteiger partial charge in [0.1, 0.15) is 11.6 Å².